The number of ether oxygens (including phenoxy) is 2. The predicted molar refractivity (Wildman–Crippen MR) is 60.1 cm³/mol. The van der Waals surface area contributed by atoms with Gasteiger partial charge in [0.05, 0.1) is 31.1 Å². The Hall–Kier alpha value is -1.53. The number of carboxylic acids is 1. The van der Waals surface area contributed by atoms with E-state index in [9.17, 15) is 4.79 Å². The van der Waals surface area contributed by atoms with Gasteiger partial charge in [-0.2, -0.15) is 0 Å². The highest BCUT2D eigenvalue weighted by molar-refractivity contribution is 5.88. The molecule has 0 aromatic carbocycles. The highest BCUT2D eigenvalue weighted by Gasteiger charge is 2.09. The maximum Gasteiger partial charge on any atom is 0.339 e. The quantitative estimate of drug-likeness (QED) is 0.706. The number of aryl methyl sites for hydroxylation is 1. The Kier molecular flexibility index (Phi) is 5.51. The van der Waals surface area contributed by atoms with E-state index in [0.29, 0.717) is 37.8 Å². The number of carbonyl (C=O) groups is 1. The maximum absolute atomic E-state index is 10.7. The highest BCUT2D eigenvalue weighted by Crippen LogP contribution is 2.04. The first-order chi connectivity index (χ1) is 8.15. The molecule has 6 nitrogen and oxygen atoms in total. The molecule has 1 aromatic heterocycles. The van der Waals surface area contributed by atoms with Gasteiger partial charge in [0.2, 0.25) is 0 Å². The van der Waals surface area contributed by atoms with E-state index >= 15 is 0 Å². The number of nitrogens with zero attached hydrogens (tertiary/aromatic N) is 2. The monoisotopic (exact) mass is 240 g/mol. The van der Waals surface area contributed by atoms with Crippen molar-refractivity contribution < 1.29 is 19.4 Å². The minimum Gasteiger partial charge on any atom is -0.478 e. The first-order valence-corrected chi connectivity index (χ1v) is 5.27. The molecule has 1 heterocycles. The number of hydrogen-bond donors (Lipinski definition) is 1. The Morgan fingerprint density at radius 1 is 1.41 bits per heavy atom. The minimum atomic E-state index is -1.01. The summed E-state index contributed by atoms with van der Waals surface area (Å²) in [7, 11) is 1.61. The lowest BCUT2D eigenvalue weighted by molar-refractivity contribution is 0.0694. The number of hydrogen-bond acceptors (Lipinski definition) is 5. The van der Waals surface area contributed by atoms with Crippen molar-refractivity contribution in [1.29, 1.82) is 0 Å². The zero-order chi connectivity index (χ0) is 12.7. The van der Waals surface area contributed by atoms with Crippen LogP contribution in [-0.4, -0.2) is 48.0 Å². The second-order valence-corrected chi connectivity index (χ2v) is 3.45. The molecule has 0 aliphatic rings. The van der Waals surface area contributed by atoms with Crippen LogP contribution in [0.2, 0.25) is 0 Å². The van der Waals surface area contributed by atoms with Crippen LogP contribution in [0.1, 0.15) is 21.9 Å². The van der Waals surface area contributed by atoms with Gasteiger partial charge in [0, 0.05) is 19.7 Å². The second kappa shape index (κ2) is 6.93. The van der Waals surface area contributed by atoms with E-state index in [2.05, 4.69) is 9.97 Å². The fourth-order valence-corrected chi connectivity index (χ4v) is 1.25. The van der Waals surface area contributed by atoms with Crippen LogP contribution in [0.4, 0.5) is 0 Å². The Balaban J connectivity index is 2.45. The molecule has 17 heavy (non-hydrogen) atoms. The van der Waals surface area contributed by atoms with E-state index in [1.165, 1.54) is 6.20 Å². The molecule has 0 spiro atoms. The smallest absolute Gasteiger partial charge is 0.339 e. The highest BCUT2D eigenvalue weighted by atomic mass is 16.5. The van der Waals surface area contributed by atoms with Crippen LogP contribution in [-0.2, 0) is 15.9 Å². The van der Waals surface area contributed by atoms with Gasteiger partial charge in [-0.1, -0.05) is 0 Å². The second-order valence-electron chi connectivity index (χ2n) is 3.45. The largest absolute Gasteiger partial charge is 0.478 e. The van der Waals surface area contributed by atoms with E-state index in [1.54, 1.807) is 14.0 Å². The van der Waals surface area contributed by atoms with Gasteiger partial charge in [0.25, 0.3) is 0 Å². The molecule has 0 radical (unpaired) electrons. The number of aromatic carboxylic acids is 1. The lowest BCUT2D eigenvalue weighted by Crippen LogP contribution is -2.10. The SMILES string of the molecule is COCCOCCc1ncc(C(=O)O)c(C)n1. The Morgan fingerprint density at radius 2 is 2.18 bits per heavy atom. The molecule has 1 N–H and O–H groups in total. The molecule has 94 valence electrons. The summed E-state index contributed by atoms with van der Waals surface area (Å²) >= 11 is 0. The van der Waals surface area contributed by atoms with Crippen LogP contribution >= 0.6 is 0 Å². The molecule has 1 rings (SSSR count). The fraction of sp³-hybridized carbons (Fsp3) is 0.545. The molecule has 0 aliphatic heterocycles. The molecule has 0 unspecified atom stereocenters. The predicted octanol–water partition coefficient (Wildman–Crippen LogP) is 0.689. The van der Waals surface area contributed by atoms with Crippen molar-refractivity contribution in [3.8, 4) is 0 Å². The van der Waals surface area contributed by atoms with Gasteiger partial charge in [-0.25, -0.2) is 14.8 Å². The summed E-state index contributed by atoms with van der Waals surface area (Å²) in [5.41, 5.74) is 0.605. The van der Waals surface area contributed by atoms with Crippen LogP contribution in [0.25, 0.3) is 0 Å². The van der Waals surface area contributed by atoms with Crippen molar-refractivity contribution in [1.82, 2.24) is 9.97 Å². The van der Waals surface area contributed by atoms with E-state index in [0.717, 1.165) is 0 Å². The van der Waals surface area contributed by atoms with Gasteiger partial charge in [-0.15, -0.1) is 0 Å². The minimum absolute atomic E-state index is 0.133. The molecule has 1 aromatic rings. The third kappa shape index (κ3) is 4.46. The molecule has 0 atom stereocenters. The lowest BCUT2D eigenvalue weighted by atomic mass is 10.2. The summed E-state index contributed by atoms with van der Waals surface area (Å²) in [6, 6.07) is 0. The van der Waals surface area contributed by atoms with E-state index in [1.807, 2.05) is 0 Å². The van der Waals surface area contributed by atoms with Crippen molar-refractivity contribution in [3.63, 3.8) is 0 Å². The van der Waals surface area contributed by atoms with E-state index in [4.69, 9.17) is 14.6 Å². The van der Waals surface area contributed by atoms with Crippen LogP contribution in [0.15, 0.2) is 6.20 Å². The van der Waals surface area contributed by atoms with Gasteiger partial charge in [-0.05, 0) is 6.92 Å². The van der Waals surface area contributed by atoms with Gasteiger partial charge in [0.1, 0.15) is 5.82 Å². The molecule has 0 fully saturated rings. The number of rotatable bonds is 7. The molecular weight excluding hydrogens is 224 g/mol. The van der Waals surface area contributed by atoms with Gasteiger partial charge in [-0.3, -0.25) is 0 Å². The number of methoxy groups -OCH3 is 1. The summed E-state index contributed by atoms with van der Waals surface area (Å²) in [5, 5.41) is 8.81. The summed E-state index contributed by atoms with van der Waals surface area (Å²) in [4.78, 5) is 18.8. The van der Waals surface area contributed by atoms with Gasteiger partial charge >= 0.3 is 5.97 Å². The third-order valence-electron chi connectivity index (χ3n) is 2.16. The fourth-order valence-electron chi connectivity index (χ4n) is 1.25. The Labute approximate surface area is 99.6 Å². The van der Waals surface area contributed by atoms with E-state index < -0.39 is 5.97 Å². The molecule has 0 aliphatic carbocycles. The molecule has 0 saturated heterocycles. The Morgan fingerprint density at radius 3 is 2.76 bits per heavy atom. The number of carboxylic acid groups (broad SMARTS) is 1. The normalized spacial score (nSPS) is 10.5. The standard InChI is InChI=1S/C11H16N2O4/c1-8-9(11(14)15)7-12-10(13-8)3-4-17-6-5-16-2/h7H,3-6H2,1-2H3,(H,14,15). The van der Waals surface area contributed by atoms with Crippen molar-refractivity contribution >= 4 is 5.97 Å². The van der Waals surface area contributed by atoms with Crippen molar-refractivity contribution in [2.45, 2.75) is 13.3 Å². The van der Waals surface area contributed by atoms with Crippen LogP contribution in [0.5, 0.6) is 0 Å². The third-order valence-corrected chi connectivity index (χ3v) is 2.16. The molecule has 0 saturated carbocycles. The molecule has 0 bridgehead atoms. The van der Waals surface area contributed by atoms with E-state index in [-0.39, 0.29) is 5.56 Å². The summed E-state index contributed by atoms with van der Waals surface area (Å²) in [6.07, 6.45) is 1.89. The van der Waals surface area contributed by atoms with Crippen LogP contribution in [0.3, 0.4) is 0 Å². The van der Waals surface area contributed by atoms with Crippen molar-refractivity contribution in [2.75, 3.05) is 26.9 Å². The number of aromatic nitrogens is 2. The summed E-state index contributed by atoms with van der Waals surface area (Å²) in [5.74, 6) is -0.421. The summed E-state index contributed by atoms with van der Waals surface area (Å²) < 4.78 is 10.1. The van der Waals surface area contributed by atoms with Crippen LogP contribution < -0.4 is 0 Å². The Bertz CT molecular complexity index is 382. The first-order valence-electron chi connectivity index (χ1n) is 5.27. The first kappa shape index (κ1) is 13.5. The topological polar surface area (TPSA) is 81.5 Å². The zero-order valence-electron chi connectivity index (χ0n) is 9.97. The molecule has 0 amide bonds. The van der Waals surface area contributed by atoms with Crippen molar-refractivity contribution in [3.05, 3.63) is 23.3 Å². The van der Waals surface area contributed by atoms with Gasteiger partial charge in [0.15, 0.2) is 0 Å². The zero-order valence-corrected chi connectivity index (χ0v) is 9.97. The van der Waals surface area contributed by atoms with Crippen molar-refractivity contribution in [2.24, 2.45) is 0 Å². The maximum atomic E-state index is 10.7. The molecule has 6 heteroatoms. The average Bonchev–Trinajstić information content (AvgIpc) is 2.28. The van der Waals surface area contributed by atoms with Crippen LogP contribution in [0, 0.1) is 6.92 Å². The summed E-state index contributed by atoms with van der Waals surface area (Å²) in [6.45, 7) is 3.23. The molecular formula is C11H16N2O4. The van der Waals surface area contributed by atoms with Gasteiger partial charge < -0.3 is 14.6 Å². The average molecular weight is 240 g/mol. The lowest BCUT2D eigenvalue weighted by Gasteiger charge is -2.04.